The summed E-state index contributed by atoms with van der Waals surface area (Å²) in [5, 5.41) is 8.80. The molecule has 1 aliphatic heterocycles. The maximum Gasteiger partial charge on any atom is 0.179 e. The van der Waals surface area contributed by atoms with E-state index in [1.54, 1.807) is 6.07 Å². The predicted molar refractivity (Wildman–Crippen MR) is 57.7 cm³/mol. The van der Waals surface area contributed by atoms with Gasteiger partial charge in [0.25, 0.3) is 0 Å². The Kier molecular flexibility index (Phi) is 2.56. The highest BCUT2D eigenvalue weighted by molar-refractivity contribution is 7.91. The Balaban J connectivity index is 2.53. The van der Waals surface area contributed by atoms with Crippen molar-refractivity contribution >= 4 is 9.84 Å². The lowest BCUT2D eigenvalue weighted by Gasteiger charge is -2.04. The van der Waals surface area contributed by atoms with E-state index in [9.17, 15) is 8.42 Å². The van der Waals surface area contributed by atoms with Crippen molar-refractivity contribution in [1.29, 1.82) is 0 Å². The molecular weight excluding hydrogens is 212 g/mol. The maximum atomic E-state index is 11.8. The molecule has 1 aromatic rings. The summed E-state index contributed by atoms with van der Waals surface area (Å²) in [5.74, 6) is 0.304. The van der Waals surface area contributed by atoms with Gasteiger partial charge in [0.1, 0.15) is 0 Å². The zero-order valence-electron chi connectivity index (χ0n) is 8.60. The number of hydrogen-bond acceptors (Lipinski definition) is 3. The van der Waals surface area contributed by atoms with E-state index in [2.05, 4.69) is 0 Å². The summed E-state index contributed by atoms with van der Waals surface area (Å²) in [6, 6.07) is 5.46. The van der Waals surface area contributed by atoms with Gasteiger partial charge in [-0.15, -0.1) is 0 Å². The Morgan fingerprint density at radius 2 is 2.20 bits per heavy atom. The topological polar surface area (TPSA) is 54.4 Å². The number of benzene rings is 1. The van der Waals surface area contributed by atoms with Gasteiger partial charge < -0.3 is 5.11 Å². The molecule has 0 amide bonds. The van der Waals surface area contributed by atoms with Crippen LogP contribution in [0.1, 0.15) is 24.0 Å². The molecule has 0 radical (unpaired) electrons. The summed E-state index contributed by atoms with van der Waals surface area (Å²) >= 11 is 0. The van der Waals surface area contributed by atoms with Crippen molar-refractivity contribution in [3.63, 3.8) is 0 Å². The molecule has 0 aromatic heterocycles. The van der Waals surface area contributed by atoms with Crippen LogP contribution in [0.2, 0.25) is 0 Å². The van der Waals surface area contributed by atoms with Crippen LogP contribution < -0.4 is 0 Å². The van der Waals surface area contributed by atoms with Crippen LogP contribution in [0.15, 0.2) is 23.1 Å². The second kappa shape index (κ2) is 3.61. The number of hydrogen-bond donors (Lipinski definition) is 1. The van der Waals surface area contributed by atoms with Crippen LogP contribution in [-0.2, 0) is 16.3 Å². The van der Waals surface area contributed by atoms with Crippen molar-refractivity contribution in [2.24, 2.45) is 0 Å². The molecular formula is C11H14O3S. The average molecular weight is 226 g/mol. The fourth-order valence-corrected chi connectivity index (χ4v) is 4.03. The van der Waals surface area contributed by atoms with Gasteiger partial charge in [-0.05, 0) is 29.5 Å². The minimum absolute atomic E-state index is 0.0500. The van der Waals surface area contributed by atoms with Gasteiger partial charge in [0.2, 0.25) is 0 Å². The van der Waals surface area contributed by atoms with E-state index in [1.807, 2.05) is 19.1 Å². The van der Waals surface area contributed by atoms with E-state index in [4.69, 9.17) is 5.11 Å². The van der Waals surface area contributed by atoms with Gasteiger partial charge >= 0.3 is 0 Å². The fraction of sp³-hybridized carbons (Fsp3) is 0.455. The molecule has 0 saturated carbocycles. The van der Waals surface area contributed by atoms with Crippen LogP contribution in [0.3, 0.4) is 0 Å². The smallest absolute Gasteiger partial charge is 0.179 e. The van der Waals surface area contributed by atoms with Crippen LogP contribution in [0, 0.1) is 0 Å². The third kappa shape index (κ3) is 1.79. The quantitative estimate of drug-likeness (QED) is 0.822. The Hall–Kier alpha value is -0.870. The van der Waals surface area contributed by atoms with Gasteiger partial charge in [0.05, 0.1) is 10.6 Å². The van der Waals surface area contributed by atoms with Crippen molar-refractivity contribution in [1.82, 2.24) is 0 Å². The summed E-state index contributed by atoms with van der Waals surface area (Å²) in [6.45, 7) is 1.98. The molecule has 0 bridgehead atoms. The summed E-state index contributed by atoms with van der Waals surface area (Å²) in [4.78, 5) is 0.459. The third-order valence-electron chi connectivity index (χ3n) is 2.81. The fourth-order valence-electron chi connectivity index (χ4n) is 2.05. The largest absolute Gasteiger partial charge is 0.396 e. The third-order valence-corrected chi connectivity index (χ3v) is 4.78. The number of aliphatic hydroxyl groups excluding tert-OH is 1. The molecule has 0 saturated heterocycles. The average Bonchev–Trinajstić information content (AvgIpc) is 2.38. The van der Waals surface area contributed by atoms with Crippen LogP contribution in [0.25, 0.3) is 0 Å². The van der Waals surface area contributed by atoms with E-state index in [0.717, 1.165) is 11.1 Å². The van der Waals surface area contributed by atoms with Gasteiger partial charge in [0, 0.05) is 6.61 Å². The highest BCUT2D eigenvalue weighted by atomic mass is 32.2. The highest BCUT2D eigenvalue weighted by Gasteiger charge is 2.31. The molecule has 1 aliphatic rings. The van der Waals surface area contributed by atoms with Crippen LogP contribution in [0.5, 0.6) is 0 Å². The molecule has 0 fully saturated rings. The molecule has 1 aromatic carbocycles. The Bertz CT molecular complexity index is 477. The van der Waals surface area contributed by atoms with Gasteiger partial charge in [0.15, 0.2) is 9.84 Å². The normalized spacial score (nSPS) is 22.7. The summed E-state index contributed by atoms with van der Waals surface area (Å²) in [7, 11) is -3.08. The first kappa shape index (κ1) is 10.6. The molecule has 1 unspecified atom stereocenters. The van der Waals surface area contributed by atoms with Gasteiger partial charge in [-0.1, -0.05) is 19.1 Å². The first-order valence-corrected chi connectivity index (χ1v) is 6.66. The van der Waals surface area contributed by atoms with Crippen LogP contribution in [0.4, 0.5) is 0 Å². The lowest BCUT2D eigenvalue weighted by atomic mass is 10.0. The molecule has 3 nitrogen and oxygen atoms in total. The minimum atomic E-state index is -3.08. The molecule has 4 heteroatoms. The summed E-state index contributed by atoms with van der Waals surface area (Å²) in [5.41, 5.74) is 1.80. The SMILES string of the molecule is CC1CS(=O)(=O)c2cc(CCO)ccc21. The molecule has 1 heterocycles. The predicted octanol–water partition coefficient (Wildman–Crippen LogP) is 1.11. The molecule has 0 spiro atoms. The van der Waals surface area contributed by atoms with Crippen molar-refractivity contribution in [2.45, 2.75) is 24.2 Å². The van der Waals surface area contributed by atoms with Crippen molar-refractivity contribution in [3.05, 3.63) is 29.3 Å². The van der Waals surface area contributed by atoms with E-state index in [1.165, 1.54) is 0 Å². The zero-order chi connectivity index (χ0) is 11.1. The number of rotatable bonds is 2. The minimum Gasteiger partial charge on any atom is -0.396 e. The molecule has 1 atom stereocenters. The highest BCUT2D eigenvalue weighted by Crippen LogP contribution is 2.35. The Morgan fingerprint density at radius 3 is 2.87 bits per heavy atom. The van der Waals surface area contributed by atoms with E-state index in [-0.39, 0.29) is 18.3 Å². The Labute approximate surface area is 89.7 Å². The van der Waals surface area contributed by atoms with Gasteiger partial charge in [-0.25, -0.2) is 8.42 Å². The zero-order valence-corrected chi connectivity index (χ0v) is 9.42. The first-order chi connectivity index (χ1) is 7.04. The molecule has 0 aliphatic carbocycles. The molecule has 15 heavy (non-hydrogen) atoms. The van der Waals surface area contributed by atoms with Crippen LogP contribution >= 0.6 is 0 Å². The van der Waals surface area contributed by atoms with E-state index < -0.39 is 9.84 Å². The summed E-state index contributed by atoms with van der Waals surface area (Å²) in [6.07, 6.45) is 0.511. The molecule has 1 N–H and O–H groups in total. The standard InChI is InChI=1S/C11H14O3S/c1-8-7-15(13,14)11-6-9(4-5-12)2-3-10(8)11/h2-3,6,8,12H,4-5,7H2,1H3. The lowest BCUT2D eigenvalue weighted by molar-refractivity contribution is 0.299. The van der Waals surface area contributed by atoms with Crippen molar-refractivity contribution in [3.8, 4) is 0 Å². The van der Waals surface area contributed by atoms with Crippen LogP contribution in [-0.4, -0.2) is 25.9 Å². The maximum absolute atomic E-state index is 11.8. The van der Waals surface area contributed by atoms with Crippen molar-refractivity contribution in [2.75, 3.05) is 12.4 Å². The molecule has 82 valence electrons. The van der Waals surface area contributed by atoms with Crippen molar-refractivity contribution < 1.29 is 13.5 Å². The van der Waals surface area contributed by atoms with Gasteiger partial charge in [-0.2, -0.15) is 0 Å². The van der Waals surface area contributed by atoms with E-state index in [0.29, 0.717) is 11.3 Å². The first-order valence-electron chi connectivity index (χ1n) is 5.01. The Morgan fingerprint density at radius 1 is 1.47 bits per heavy atom. The monoisotopic (exact) mass is 226 g/mol. The lowest BCUT2D eigenvalue weighted by Crippen LogP contribution is -2.01. The molecule has 2 rings (SSSR count). The summed E-state index contributed by atoms with van der Waals surface area (Å²) < 4.78 is 23.5. The van der Waals surface area contributed by atoms with Gasteiger partial charge in [-0.3, -0.25) is 0 Å². The van der Waals surface area contributed by atoms with E-state index >= 15 is 0 Å². The second-order valence-corrected chi connectivity index (χ2v) is 6.03. The second-order valence-electron chi connectivity index (χ2n) is 4.03. The number of sulfone groups is 1. The number of aliphatic hydroxyl groups is 1. The number of fused-ring (bicyclic) bond motifs is 1.